The number of hydrogen-bond donors (Lipinski definition) is 1. The second-order valence-corrected chi connectivity index (χ2v) is 7.96. The number of phenols is 1. The lowest BCUT2D eigenvalue weighted by atomic mass is 10.0. The Morgan fingerprint density at radius 2 is 1.63 bits per heavy atom. The molecule has 4 nitrogen and oxygen atoms in total. The summed E-state index contributed by atoms with van der Waals surface area (Å²) < 4.78 is 18.9. The number of fused-ring (bicyclic) bond motifs is 1. The van der Waals surface area contributed by atoms with Gasteiger partial charge in [0.15, 0.2) is 5.58 Å². The first-order chi connectivity index (χ1) is 12.8. The molecule has 0 bridgehead atoms. The van der Waals surface area contributed by atoms with E-state index in [0.717, 1.165) is 29.6 Å². The molecule has 0 spiro atoms. The standard InChI is InChI=1S/C22H27FN2O2/c1-14(2)11-25(12-15(3)4)13-19-20(26)10-9-18-21(24-27-22(18)19)16-5-7-17(23)8-6-16/h5-10,14-15,26H,11-13H2,1-4H3. The summed E-state index contributed by atoms with van der Waals surface area (Å²) in [6.45, 7) is 11.2. The zero-order chi connectivity index (χ0) is 19.6. The highest BCUT2D eigenvalue weighted by Gasteiger charge is 2.20. The smallest absolute Gasteiger partial charge is 0.175 e. The molecule has 5 heteroatoms. The summed E-state index contributed by atoms with van der Waals surface area (Å²) in [6.07, 6.45) is 0. The zero-order valence-electron chi connectivity index (χ0n) is 16.4. The van der Waals surface area contributed by atoms with Gasteiger partial charge in [-0.1, -0.05) is 32.9 Å². The van der Waals surface area contributed by atoms with Gasteiger partial charge < -0.3 is 9.63 Å². The van der Waals surface area contributed by atoms with Gasteiger partial charge in [-0.3, -0.25) is 4.90 Å². The highest BCUT2D eigenvalue weighted by molar-refractivity contribution is 5.94. The Labute approximate surface area is 159 Å². The third-order valence-corrected chi connectivity index (χ3v) is 4.47. The van der Waals surface area contributed by atoms with E-state index in [-0.39, 0.29) is 11.6 Å². The van der Waals surface area contributed by atoms with Gasteiger partial charge in [0.2, 0.25) is 0 Å². The Balaban J connectivity index is 2.00. The molecule has 2 aromatic carbocycles. The van der Waals surface area contributed by atoms with Gasteiger partial charge in [0.05, 0.1) is 10.9 Å². The lowest BCUT2D eigenvalue weighted by molar-refractivity contribution is 0.209. The molecule has 1 N–H and O–H groups in total. The first-order valence-electron chi connectivity index (χ1n) is 9.43. The third-order valence-electron chi connectivity index (χ3n) is 4.47. The fourth-order valence-electron chi connectivity index (χ4n) is 3.48. The van der Waals surface area contributed by atoms with Crippen LogP contribution in [-0.2, 0) is 6.54 Å². The van der Waals surface area contributed by atoms with E-state index in [0.29, 0.717) is 29.7 Å². The van der Waals surface area contributed by atoms with Crippen molar-refractivity contribution in [3.8, 4) is 17.0 Å². The molecule has 0 atom stereocenters. The molecule has 3 rings (SSSR count). The SMILES string of the molecule is CC(C)CN(Cc1c(O)ccc2c(-c3ccc(F)cc3)noc12)CC(C)C. The molecule has 1 aromatic heterocycles. The molecule has 0 fully saturated rings. The van der Waals surface area contributed by atoms with Crippen LogP contribution in [0.25, 0.3) is 22.2 Å². The molecule has 1 heterocycles. The molecule has 0 aliphatic carbocycles. The fourth-order valence-corrected chi connectivity index (χ4v) is 3.48. The average Bonchev–Trinajstić information content (AvgIpc) is 3.01. The van der Waals surface area contributed by atoms with Crippen LogP contribution in [0.1, 0.15) is 33.3 Å². The van der Waals surface area contributed by atoms with Gasteiger partial charge in [-0.2, -0.15) is 0 Å². The monoisotopic (exact) mass is 370 g/mol. The average molecular weight is 370 g/mol. The lowest BCUT2D eigenvalue weighted by Crippen LogP contribution is -2.31. The fraction of sp³-hybridized carbons (Fsp3) is 0.409. The molecule has 0 aliphatic rings. The van der Waals surface area contributed by atoms with Crippen LogP contribution >= 0.6 is 0 Å². The summed E-state index contributed by atoms with van der Waals surface area (Å²) in [4.78, 5) is 2.34. The van der Waals surface area contributed by atoms with E-state index in [4.69, 9.17) is 4.52 Å². The van der Waals surface area contributed by atoms with Gasteiger partial charge in [0.1, 0.15) is 17.3 Å². The number of aromatic nitrogens is 1. The maximum Gasteiger partial charge on any atom is 0.175 e. The van der Waals surface area contributed by atoms with Crippen LogP contribution in [0.3, 0.4) is 0 Å². The van der Waals surface area contributed by atoms with Gasteiger partial charge in [-0.05, 0) is 48.2 Å². The zero-order valence-corrected chi connectivity index (χ0v) is 16.4. The molecule has 0 radical (unpaired) electrons. The minimum Gasteiger partial charge on any atom is -0.507 e. The normalized spacial score (nSPS) is 12.0. The van der Waals surface area contributed by atoms with E-state index in [9.17, 15) is 9.50 Å². The quantitative estimate of drug-likeness (QED) is 0.600. The van der Waals surface area contributed by atoms with Crippen molar-refractivity contribution in [1.29, 1.82) is 0 Å². The molecular weight excluding hydrogens is 343 g/mol. The maximum atomic E-state index is 13.2. The molecule has 0 saturated carbocycles. The summed E-state index contributed by atoms with van der Waals surface area (Å²) in [5.74, 6) is 0.967. The summed E-state index contributed by atoms with van der Waals surface area (Å²) >= 11 is 0. The third kappa shape index (κ3) is 4.48. The van der Waals surface area contributed by atoms with E-state index in [1.54, 1.807) is 24.3 Å². The number of benzene rings is 2. The van der Waals surface area contributed by atoms with Crippen molar-refractivity contribution in [1.82, 2.24) is 10.1 Å². The van der Waals surface area contributed by atoms with Crippen LogP contribution in [0, 0.1) is 17.7 Å². The summed E-state index contributed by atoms with van der Waals surface area (Å²) in [5, 5.41) is 15.5. The highest BCUT2D eigenvalue weighted by atomic mass is 19.1. The van der Waals surface area contributed by atoms with Gasteiger partial charge in [-0.15, -0.1) is 0 Å². The van der Waals surface area contributed by atoms with Crippen molar-refractivity contribution in [3.05, 3.63) is 47.8 Å². The van der Waals surface area contributed by atoms with Crippen LogP contribution < -0.4 is 0 Å². The molecule has 0 unspecified atom stereocenters. The van der Waals surface area contributed by atoms with Crippen LogP contribution in [0.15, 0.2) is 40.9 Å². The van der Waals surface area contributed by atoms with Crippen LogP contribution in [0.2, 0.25) is 0 Å². The summed E-state index contributed by atoms with van der Waals surface area (Å²) in [5.41, 5.74) is 2.78. The van der Waals surface area contributed by atoms with Gasteiger partial charge in [-0.25, -0.2) is 4.39 Å². The van der Waals surface area contributed by atoms with Crippen molar-refractivity contribution in [3.63, 3.8) is 0 Å². The van der Waals surface area contributed by atoms with Crippen LogP contribution in [-0.4, -0.2) is 28.3 Å². The maximum absolute atomic E-state index is 13.2. The Morgan fingerprint density at radius 1 is 1.00 bits per heavy atom. The van der Waals surface area contributed by atoms with Crippen LogP contribution in [0.5, 0.6) is 5.75 Å². The molecule has 0 aliphatic heterocycles. The second kappa shape index (κ2) is 8.09. The largest absolute Gasteiger partial charge is 0.507 e. The van der Waals surface area contributed by atoms with Crippen molar-refractivity contribution in [2.75, 3.05) is 13.1 Å². The lowest BCUT2D eigenvalue weighted by Gasteiger charge is -2.26. The van der Waals surface area contributed by atoms with Crippen molar-refractivity contribution in [2.45, 2.75) is 34.2 Å². The predicted octanol–water partition coefficient (Wildman–Crippen LogP) is 5.45. The Morgan fingerprint density at radius 3 is 2.22 bits per heavy atom. The Bertz CT molecular complexity index is 891. The van der Waals surface area contributed by atoms with Gasteiger partial charge in [0, 0.05) is 25.2 Å². The molecule has 0 amide bonds. The highest BCUT2D eigenvalue weighted by Crippen LogP contribution is 2.35. The first-order valence-corrected chi connectivity index (χ1v) is 9.43. The molecule has 144 valence electrons. The van der Waals surface area contributed by atoms with E-state index >= 15 is 0 Å². The minimum atomic E-state index is -0.289. The van der Waals surface area contributed by atoms with Crippen molar-refractivity contribution in [2.24, 2.45) is 11.8 Å². The summed E-state index contributed by atoms with van der Waals surface area (Å²) in [7, 11) is 0. The molecule has 0 saturated heterocycles. The van der Waals surface area contributed by atoms with E-state index in [2.05, 4.69) is 37.8 Å². The number of nitrogens with zero attached hydrogens (tertiary/aromatic N) is 2. The van der Waals surface area contributed by atoms with E-state index < -0.39 is 0 Å². The van der Waals surface area contributed by atoms with Crippen molar-refractivity contribution < 1.29 is 14.0 Å². The van der Waals surface area contributed by atoms with Crippen LogP contribution in [0.4, 0.5) is 4.39 Å². The van der Waals surface area contributed by atoms with E-state index in [1.807, 2.05) is 0 Å². The van der Waals surface area contributed by atoms with E-state index in [1.165, 1.54) is 12.1 Å². The van der Waals surface area contributed by atoms with Crippen molar-refractivity contribution >= 4 is 11.0 Å². The number of hydrogen-bond acceptors (Lipinski definition) is 4. The topological polar surface area (TPSA) is 49.5 Å². The Kier molecular flexibility index (Phi) is 5.80. The molecule has 3 aromatic rings. The van der Waals surface area contributed by atoms with Gasteiger partial charge in [0.25, 0.3) is 0 Å². The first kappa shape index (κ1) is 19.4. The predicted molar refractivity (Wildman–Crippen MR) is 106 cm³/mol. The number of rotatable bonds is 7. The number of aromatic hydroxyl groups is 1. The molecule has 27 heavy (non-hydrogen) atoms. The molecular formula is C22H27FN2O2. The summed E-state index contributed by atoms with van der Waals surface area (Å²) in [6, 6.07) is 9.67. The second-order valence-electron chi connectivity index (χ2n) is 7.96. The van der Waals surface area contributed by atoms with Gasteiger partial charge >= 0.3 is 0 Å². The minimum absolute atomic E-state index is 0.210. The number of halogens is 1. The Hall–Kier alpha value is -2.40. The number of phenolic OH excluding ortho intramolecular Hbond substituents is 1.